The number of rotatable bonds is 5. The molecule has 3 aromatic carbocycles. The van der Waals surface area contributed by atoms with Crippen LogP contribution < -0.4 is 10.6 Å². The Hall–Kier alpha value is -3.11. The van der Waals surface area contributed by atoms with Crippen LogP contribution in [0.5, 0.6) is 0 Å². The van der Waals surface area contributed by atoms with Gasteiger partial charge in [-0.1, -0.05) is 66.2 Å². The monoisotopic (exact) mass is 378 g/mol. The SMILES string of the molecule is CC(NC(=O)c1ccccc1Cl)C(=O)Nc1ccc(-c2ccccc2)cc1. The van der Waals surface area contributed by atoms with E-state index in [1.807, 2.05) is 54.6 Å². The molecule has 0 saturated carbocycles. The number of nitrogens with one attached hydrogen (secondary N) is 2. The Balaban J connectivity index is 1.61. The lowest BCUT2D eigenvalue weighted by Crippen LogP contribution is -2.41. The van der Waals surface area contributed by atoms with Crippen molar-refractivity contribution in [3.05, 3.63) is 89.4 Å². The summed E-state index contributed by atoms with van der Waals surface area (Å²) in [6, 6.07) is 23.6. The van der Waals surface area contributed by atoms with E-state index in [2.05, 4.69) is 10.6 Å². The summed E-state index contributed by atoms with van der Waals surface area (Å²) < 4.78 is 0. The Bertz CT molecular complexity index is 940. The van der Waals surface area contributed by atoms with Crippen molar-refractivity contribution in [3.63, 3.8) is 0 Å². The minimum atomic E-state index is -0.706. The van der Waals surface area contributed by atoms with Gasteiger partial charge in [-0.15, -0.1) is 0 Å². The van der Waals surface area contributed by atoms with Gasteiger partial charge in [0.1, 0.15) is 6.04 Å². The highest BCUT2D eigenvalue weighted by atomic mass is 35.5. The smallest absolute Gasteiger partial charge is 0.253 e. The zero-order valence-electron chi connectivity index (χ0n) is 14.8. The number of hydrogen-bond donors (Lipinski definition) is 2. The van der Waals surface area contributed by atoms with Crippen LogP contribution in [0.2, 0.25) is 5.02 Å². The molecule has 3 rings (SSSR count). The second-order valence-electron chi connectivity index (χ2n) is 6.11. The molecule has 0 radical (unpaired) electrons. The predicted molar refractivity (Wildman–Crippen MR) is 109 cm³/mol. The minimum Gasteiger partial charge on any atom is -0.340 e. The van der Waals surface area contributed by atoms with E-state index in [0.29, 0.717) is 16.3 Å². The van der Waals surface area contributed by atoms with Gasteiger partial charge in [0.15, 0.2) is 0 Å². The van der Waals surface area contributed by atoms with Crippen molar-refractivity contribution in [3.8, 4) is 11.1 Å². The topological polar surface area (TPSA) is 58.2 Å². The molecular formula is C22H19ClN2O2. The third-order valence-corrected chi connectivity index (χ3v) is 4.45. The first-order valence-corrected chi connectivity index (χ1v) is 8.94. The molecule has 0 aromatic heterocycles. The first-order valence-electron chi connectivity index (χ1n) is 8.56. The van der Waals surface area contributed by atoms with E-state index in [9.17, 15) is 9.59 Å². The van der Waals surface area contributed by atoms with Crippen LogP contribution in [-0.2, 0) is 4.79 Å². The number of benzene rings is 3. The quantitative estimate of drug-likeness (QED) is 0.672. The molecule has 0 aliphatic rings. The van der Waals surface area contributed by atoms with Gasteiger partial charge in [-0.2, -0.15) is 0 Å². The first kappa shape index (κ1) is 18.7. The minimum absolute atomic E-state index is 0.303. The second kappa shape index (κ2) is 8.52. The van der Waals surface area contributed by atoms with Crippen molar-refractivity contribution in [2.75, 3.05) is 5.32 Å². The molecule has 1 unspecified atom stereocenters. The molecule has 4 nitrogen and oxygen atoms in total. The second-order valence-corrected chi connectivity index (χ2v) is 6.51. The highest BCUT2D eigenvalue weighted by molar-refractivity contribution is 6.33. The maximum atomic E-state index is 12.4. The Morgan fingerprint density at radius 2 is 1.41 bits per heavy atom. The molecule has 0 bridgehead atoms. The summed E-state index contributed by atoms with van der Waals surface area (Å²) in [7, 11) is 0. The van der Waals surface area contributed by atoms with E-state index in [1.165, 1.54) is 0 Å². The number of anilines is 1. The van der Waals surface area contributed by atoms with Crippen LogP contribution in [-0.4, -0.2) is 17.9 Å². The first-order chi connectivity index (χ1) is 13.0. The molecule has 27 heavy (non-hydrogen) atoms. The van der Waals surface area contributed by atoms with Crippen LogP contribution in [0, 0.1) is 0 Å². The van der Waals surface area contributed by atoms with E-state index in [1.54, 1.807) is 31.2 Å². The van der Waals surface area contributed by atoms with Crippen LogP contribution in [0.15, 0.2) is 78.9 Å². The van der Waals surface area contributed by atoms with Crippen molar-refractivity contribution >= 4 is 29.1 Å². The lowest BCUT2D eigenvalue weighted by Gasteiger charge is -2.15. The van der Waals surface area contributed by atoms with Gasteiger partial charge in [-0.3, -0.25) is 9.59 Å². The summed E-state index contributed by atoms with van der Waals surface area (Å²) in [6.07, 6.45) is 0. The largest absolute Gasteiger partial charge is 0.340 e. The fourth-order valence-corrected chi connectivity index (χ4v) is 2.83. The Labute approximate surface area is 163 Å². The number of halogens is 1. The van der Waals surface area contributed by atoms with Gasteiger partial charge < -0.3 is 10.6 Å². The third kappa shape index (κ3) is 4.74. The molecule has 0 fully saturated rings. The highest BCUT2D eigenvalue weighted by Crippen LogP contribution is 2.21. The molecule has 0 saturated heterocycles. The molecule has 3 aromatic rings. The average molecular weight is 379 g/mol. The van der Waals surface area contributed by atoms with E-state index in [0.717, 1.165) is 11.1 Å². The summed E-state index contributed by atoms with van der Waals surface area (Å²) >= 11 is 6.02. The number of amides is 2. The molecule has 5 heteroatoms. The molecule has 0 spiro atoms. The highest BCUT2D eigenvalue weighted by Gasteiger charge is 2.18. The normalized spacial score (nSPS) is 11.5. The van der Waals surface area contributed by atoms with Crippen molar-refractivity contribution in [1.29, 1.82) is 0 Å². The van der Waals surface area contributed by atoms with Gasteiger partial charge in [-0.25, -0.2) is 0 Å². The zero-order valence-corrected chi connectivity index (χ0v) is 15.5. The van der Waals surface area contributed by atoms with Gasteiger partial charge in [-0.05, 0) is 42.3 Å². The van der Waals surface area contributed by atoms with Gasteiger partial charge in [0, 0.05) is 5.69 Å². The molecular weight excluding hydrogens is 360 g/mol. The number of carbonyl (C=O) groups is 2. The summed E-state index contributed by atoms with van der Waals surface area (Å²) in [4.78, 5) is 24.6. The zero-order chi connectivity index (χ0) is 19.2. The lowest BCUT2D eigenvalue weighted by molar-refractivity contribution is -0.117. The van der Waals surface area contributed by atoms with Crippen molar-refractivity contribution in [2.24, 2.45) is 0 Å². The lowest BCUT2D eigenvalue weighted by atomic mass is 10.1. The Morgan fingerprint density at radius 1 is 0.815 bits per heavy atom. The molecule has 136 valence electrons. The van der Waals surface area contributed by atoms with Crippen LogP contribution in [0.1, 0.15) is 17.3 Å². The van der Waals surface area contributed by atoms with Gasteiger partial charge in [0.25, 0.3) is 5.91 Å². The maximum Gasteiger partial charge on any atom is 0.253 e. The standard InChI is InChI=1S/C22H19ClN2O2/c1-15(24-22(27)19-9-5-6-10-20(19)23)21(26)25-18-13-11-17(12-14-18)16-7-3-2-4-8-16/h2-15H,1H3,(H,24,27)(H,25,26). The van der Waals surface area contributed by atoms with E-state index in [4.69, 9.17) is 11.6 Å². The predicted octanol–water partition coefficient (Wildman–Crippen LogP) is 4.76. The van der Waals surface area contributed by atoms with Gasteiger partial charge in [0.2, 0.25) is 5.91 Å². The van der Waals surface area contributed by atoms with Crippen molar-refractivity contribution in [2.45, 2.75) is 13.0 Å². The van der Waals surface area contributed by atoms with Crippen molar-refractivity contribution < 1.29 is 9.59 Å². The van der Waals surface area contributed by atoms with Crippen LogP contribution in [0.4, 0.5) is 5.69 Å². The van der Waals surface area contributed by atoms with Crippen LogP contribution in [0.3, 0.4) is 0 Å². The summed E-state index contributed by atoms with van der Waals surface area (Å²) in [5, 5.41) is 5.81. The molecule has 0 heterocycles. The Morgan fingerprint density at radius 3 is 2.07 bits per heavy atom. The van der Waals surface area contributed by atoms with Crippen LogP contribution >= 0.6 is 11.6 Å². The summed E-state index contributed by atoms with van der Waals surface area (Å²) in [5.41, 5.74) is 3.17. The van der Waals surface area contributed by atoms with E-state index in [-0.39, 0.29) is 11.8 Å². The maximum absolute atomic E-state index is 12.4. The van der Waals surface area contributed by atoms with E-state index < -0.39 is 6.04 Å². The van der Waals surface area contributed by atoms with Gasteiger partial charge >= 0.3 is 0 Å². The summed E-state index contributed by atoms with van der Waals surface area (Å²) in [5.74, 6) is -0.689. The van der Waals surface area contributed by atoms with E-state index >= 15 is 0 Å². The molecule has 1 atom stereocenters. The molecule has 2 N–H and O–H groups in total. The van der Waals surface area contributed by atoms with Crippen LogP contribution in [0.25, 0.3) is 11.1 Å². The number of carbonyl (C=O) groups excluding carboxylic acids is 2. The Kier molecular flexibility index (Phi) is 5.89. The average Bonchev–Trinajstić information content (AvgIpc) is 2.69. The molecule has 2 amide bonds. The fourth-order valence-electron chi connectivity index (χ4n) is 2.61. The van der Waals surface area contributed by atoms with Crippen molar-refractivity contribution in [1.82, 2.24) is 5.32 Å². The third-order valence-electron chi connectivity index (χ3n) is 4.12. The summed E-state index contributed by atoms with van der Waals surface area (Å²) in [6.45, 7) is 1.63. The van der Waals surface area contributed by atoms with Gasteiger partial charge in [0.05, 0.1) is 10.6 Å². The molecule has 0 aliphatic carbocycles. The number of hydrogen-bond acceptors (Lipinski definition) is 2. The molecule has 0 aliphatic heterocycles. The fraction of sp³-hybridized carbons (Fsp3) is 0.0909.